The van der Waals surface area contributed by atoms with Gasteiger partial charge >= 0.3 is 0 Å². The predicted molar refractivity (Wildman–Crippen MR) is 115 cm³/mol. The predicted octanol–water partition coefficient (Wildman–Crippen LogP) is 5.08. The number of hydrogen-bond donors (Lipinski definition) is 2. The molecule has 142 valence electrons. The van der Waals surface area contributed by atoms with E-state index in [9.17, 15) is 0 Å². The standard InChI is InChI=1S/C22H24N6/c1-3-4-13-23-22-26-20(25-17-10-8-9-16(2)14-17)19-15-24-28(21(19)27-22)18-11-6-5-7-12-18/h5-12,14-15H,3-4,13H2,1-2H3,(H2,23,25,26,27). The molecule has 2 aromatic heterocycles. The molecule has 4 aromatic rings. The highest BCUT2D eigenvalue weighted by molar-refractivity contribution is 5.90. The number of aromatic nitrogens is 4. The first-order chi connectivity index (χ1) is 13.7. The van der Waals surface area contributed by atoms with E-state index in [1.165, 1.54) is 5.56 Å². The molecular weight excluding hydrogens is 348 g/mol. The van der Waals surface area contributed by atoms with E-state index < -0.39 is 0 Å². The molecule has 0 bridgehead atoms. The Bertz CT molecular complexity index is 1070. The Balaban J connectivity index is 1.79. The third kappa shape index (κ3) is 3.81. The molecule has 0 atom stereocenters. The van der Waals surface area contributed by atoms with Crippen LogP contribution in [-0.2, 0) is 0 Å². The number of para-hydroxylation sites is 1. The van der Waals surface area contributed by atoms with Crippen LogP contribution in [0.1, 0.15) is 25.3 Å². The summed E-state index contributed by atoms with van der Waals surface area (Å²) in [5.41, 5.74) is 3.93. The molecule has 6 heteroatoms. The number of nitrogens with zero attached hydrogens (tertiary/aromatic N) is 4. The van der Waals surface area contributed by atoms with E-state index in [4.69, 9.17) is 9.97 Å². The Morgan fingerprint density at radius 1 is 1.00 bits per heavy atom. The van der Waals surface area contributed by atoms with E-state index in [-0.39, 0.29) is 0 Å². The molecule has 2 N–H and O–H groups in total. The van der Waals surface area contributed by atoms with Crippen molar-refractivity contribution in [3.63, 3.8) is 0 Å². The Kier molecular flexibility index (Phi) is 5.19. The molecule has 0 unspecified atom stereocenters. The van der Waals surface area contributed by atoms with E-state index in [0.29, 0.717) is 5.95 Å². The highest BCUT2D eigenvalue weighted by Gasteiger charge is 2.14. The zero-order valence-electron chi connectivity index (χ0n) is 16.2. The maximum absolute atomic E-state index is 4.74. The highest BCUT2D eigenvalue weighted by atomic mass is 15.3. The minimum Gasteiger partial charge on any atom is -0.354 e. The monoisotopic (exact) mass is 372 g/mol. The fraction of sp³-hybridized carbons (Fsp3) is 0.227. The van der Waals surface area contributed by atoms with Crippen molar-refractivity contribution < 1.29 is 0 Å². The van der Waals surface area contributed by atoms with Crippen molar-refractivity contribution in [1.82, 2.24) is 19.7 Å². The van der Waals surface area contributed by atoms with Gasteiger partial charge < -0.3 is 10.6 Å². The Morgan fingerprint density at radius 3 is 2.64 bits per heavy atom. The fourth-order valence-corrected chi connectivity index (χ4v) is 3.08. The van der Waals surface area contributed by atoms with Crippen LogP contribution < -0.4 is 10.6 Å². The van der Waals surface area contributed by atoms with E-state index in [0.717, 1.165) is 47.6 Å². The van der Waals surface area contributed by atoms with Crippen molar-refractivity contribution >= 4 is 28.5 Å². The molecule has 0 saturated carbocycles. The highest BCUT2D eigenvalue weighted by Crippen LogP contribution is 2.27. The molecule has 0 saturated heterocycles. The van der Waals surface area contributed by atoms with Gasteiger partial charge in [0.05, 0.1) is 17.3 Å². The minimum absolute atomic E-state index is 0.605. The summed E-state index contributed by atoms with van der Waals surface area (Å²) in [6.45, 7) is 5.08. The molecule has 4 rings (SSSR count). The zero-order valence-corrected chi connectivity index (χ0v) is 16.2. The quantitative estimate of drug-likeness (QED) is 0.443. The largest absolute Gasteiger partial charge is 0.354 e. The summed E-state index contributed by atoms with van der Waals surface area (Å²) in [6, 6.07) is 18.3. The lowest BCUT2D eigenvalue weighted by Crippen LogP contribution is -2.08. The Hall–Kier alpha value is -3.41. The van der Waals surface area contributed by atoms with Gasteiger partial charge in [-0.25, -0.2) is 4.68 Å². The number of anilines is 3. The van der Waals surface area contributed by atoms with Gasteiger partial charge in [-0.05, 0) is 43.2 Å². The first kappa shape index (κ1) is 18.0. The van der Waals surface area contributed by atoms with Crippen molar-refractivity contribution in [2.24, 2.45) is 0 Å². The number of fused-ring (bicyclic) bond motifs is 1. The van der Waals surface area contributed by atoms with Crippen molar-refractivity contribution in [2.75, 3.05) is 17.2 Å². The molecular formula is C22H24N6. The maximum atomic E-state index is 4.74. The van der Waals surface area contributed by atoms with Crippen molar-refractivity contribution in [3.05, 3.63) is 66.4 Å². The van der Waals surface area contributed by atoms with E-state index >= 15 is 0 Å². The topological polar surface area (TPSA) is 67.7 Å². The lowest BCUT2D eigenvalue weighted by Gasteiger charge is -2.11. The van der Waals surface area contributed by atoms with Crippen LogP contribution in [-0.4, -0.2) is 26.3 Å². The van der Waals surface area contributed by atoms with Crippen LogP contribution in [0, 0.1) is 6.92 Å². The van der Waals surface area contributed by atoms with Gasteiger partial charge in [0.2, 0.25) is 5.95 Å². The molecule has 0 aliphatic carbocycles. The summed E-state index contributed by atoms with van der Waals surface area (Å²) in [7, 11) is 0. The van der Waals surface area contributed by atoms with Gasteiger partial charge in [-0.2, -0.15) is 15.1 Å². The zero-order chi connectivity index (χ0) is 19.3. The van der Waals surface area contributed by atoms with E-state index in [1.54, 1.807) is 0 Å². The molecule has 0 amide bonds. The lowest BCUT2D eigenvalue weighted by atomic mass is 10.2. The minimum atomic E-state index is 0.605. The van der Waals surface area contributed by atoms with Gasteiger partial charge in [0.25, 0.3) is 0 Å². The van der Waals surface area contributed by atoms with Gasteiger partial charge in [0.1, 0.15) is 5.82 Å². The number of nitrogens with one attached hydrogen (secondary N) is 2. The average molecular weight is 372 g/mol. The summed E-state index contributed by atoms with van der Waals surface area (Å²) < 4.78 is 1.85. The van der Waals surface area contributed by atoms with Crippen LogP contribution in [0.25, 0.3) is 16.7 Å². The second-order valence-corrected chi connectivity index (χ2v) is 6.80. The summed E-state index contributed by atoms with van der Waals surface area (Å²) >= 11 is 0. The van der Waals surface area contributed by atoms with E-state index in [1.807, 2.05) is 53.3 Å². The first-order valence-corrected chi connectivity index (χ1v) is 9.63. The van der Waals surface area contributed by atoms with Crippen LogP contribution in [0.4, 0.5) is 17.5 Å². The van der Waals surface area contributed by atoms with Crippen LogP contribution in [0.5, 0.6) is 0 Å². The third-order valence-corrected chi connectivity index (χ3v) is 4.52. The molecule has 28 heavy (non-hydrogen) atoms. The maximum Gasteiger partial charge on any atom is 0.226 e. The molecule has 2 heterocycles. The molecule has 0 fully saturated rings. The molecule has 0 radical (unpaired) electrons. The third-order valence-electron chi connectivity index (χ3n) is 4.52. The molecule has 0 aliphatic rings. The summed E-state index contributed by atoms with van der Waals surface area (Å²) in [4.78, 5) is 9.46. The number of hydrogen-bond acceptors (Lipinski definition) is 5. The van der Waals surface area contributed by atoms with Crippen molar-refractivity contribution in [3.8, 4) is 5.69 Å². The molecule has 2 aromatic carbocycles. The fourth-order valence-electron chi connectivity index (χ4n) is 3.08. The van der Waals surface area contributed by atoms with Crippen LogP contribution in [0.15, 0.2) is 60.8 Å². The smallest absolute Gasteiger partial charge is 0.226 e. The molecule has 0 spiro atoms. The van der Waals surface area contributed by atoms with E-state index in [2.05, 4.69) is 41.7 Å². The summed E-state index contributed by atoms with van der Waals surface area (Å²) in [5, 5.41) is 12.2. The number of aryl methyl sites for hydroxylation is 1. The van der Waals surface area contributed by atoms with Crippen LogP contribution >= 0.6 is 0 Å². The van der Waals surface area contributed by atoms with Crippen LogP contribution in [0.2, 0.25) is 0 Å². The van der Waals surface area contributed by atoms with Crippen molar-refractivity contribution in [2.45, 2.75) is 26.7 Å². The Labute approximate surface area is 164 Å². The SMILES string of the molecule is CCCCNc1nc(Nc2cccc(C)c2)c2cnn(-c3ccccc3)c2n1. The number of rotatable bonds is 7. The summed E-state index contributed by atoms with van der Waals surface area (Å²) in [5.74, 6) is 1.35. The number of unbranched alkanes of at least 4 members (excludes halogenated alkanes) is 1. The van der Waals surface area contributed by atoms with Gasteiger partial charge in [-0.1, -0.05) is 43.7 Å². The Morgan fingerprint density at radius 2 is 1.86 bits per heavy atom. The second kappa shape index (κ2) is 8.08. The van der Waals surface area contributed by atoms with Gasteiger partial charge in [0, 0.05) is 12.2 Å². The average Bonchev–Trinajstić information content (AvgIpc) is 3.13. The van der Waals surface area contributed by atoms with Gasteiger partial charge in [-0.3, -0.25) is 0 Å². The second-order valence-electron chi connectivity index (χ2n) is 6.80. The molecule has 0 aliphatic heterocycles. The molecule has 6 nitrogen and oxygen atoms in total. The van der Waals surface area contributed by atoms with Gasteiger partial charge in [0.15, 0.2) is 5.65 Å². The summed E-state index contributed by atoms with van der Waals surface area (Å²) in [6.07, 6.45) is 4.00. The normalized spacial score (nSPS) is 10.9. The van der Waals surface area contributed by atoms with Gasteiger partial charge in [-0.15, -0.1) is 0 Å². The van der Waals surface area contributed by atoms with Crippen molar-refractivity contribution in [1.29, 1.82) is 0 Å². The number of benzene rings is 2. The van der Waals surface area contributed by atoms with Crippen LogP contribution in [0.3, 0.4) is 0 Å². The first-order valence-electron chi connectivity index (χ1n) is 9.63. The lowest BCUT2D eigenvalue weighted by molar-refractivity contribution is 0.826.